The zero-order chi connectivity index (χ0) is 14.6. The molecule has 0 spiro atoms. The summed E-state index contributed by atoms with van der Waals surface area (Å²) in [6.45, 7) is 4.31. The van der Waals surface area contributed by atoms with Gasteiger partial charge in [-0.25, -0.2) is 14.6 Å². The first-order valence-corrected chi connectivity index (χ1v) is 5.63. The number of carbonyl (C=O) groups excluding carboxylic acids is 1. The normalized spacial score (nSPS) is 13.7. The molecule has 0 saturated carbocycles. The van der Waals surface area contributed by atoms with Crippen LogP contribution in [0.5, 0.6) is 0 Å². The van der Waals surface area contributed by atoms with Crippen LogP contribution in [0.4, 0.5) is 4.79 Å². The summed E-state index contributed by atoms with van der Waals surface area (Å²) in [6, 6.07) is -0.616. The average Bonchev–Trinajstić information content (AvgIpc) is 2.63. The molecule has 0 saturated heterocycles. The van der Waals surface area contributed by atoms with E-state index >= 15 is 0 Å². The third-order valence-electron chi connectivity index (χ3n) is 2.53. The van der Waals surface area contributed by atoms with Crippen LogP contribution in [0.3, 0.4) is 0 Å². The lowest BCUT2D eigenvalue weighted by Crippen LogP contribution is -2.49. The monoisotopic (exact) mass is 271 g/mol. The molecule has 1 unspecified atom stereocenters. The van der Waals surface area contributed by atoms with Crippen molar-refractivity contribution in [2.75, 3.05) is 6.54 Å². The number of hydrogen-bond acceptors (Lipinski definition) is 5. The lowest BCUT2D eigenvalue weighted by Gasteiger charge is -2.18. The Morgan fingerprint density at radius 3 is 2.47 bits per heavy atom. The Labute approximate surface area is 109 Å². The Hall–Kier alpha value is -2.09. The first-order chi connectivity index (χ1) is 8.72. The van der Waals surface area contributed by atoms with Gasteiger partial charge in [0.05, 0.1) is 18.8 Å². The predicted octanol–water partition coefficient (Wildman–Crippen LogP) is -0.0738. The van der Waals surface area contributed by atoms with Crippen molar-refractivity contribution in [3.8, 4) is 0 Å². The molecule has 106 valence electrons. The molecule has 8 heteroatoms. The number of nitrogens with one attached hydrogen (secondary N) is 2. The highest BCUT2D eigenvalue weighted by Gasteiger charge is 2.30. The quantitative estimate of drug-likeness (QED) is 0.594. The highest BCUT2D eigenvalue weighted by Crippen LogP contribution is 2.07. The average molecular weight is 271 g/mol. The maximum Gasteiger partial charge on any atom is 0.337 e. The molecule has 1 atom stereocenters. The zero-order valence-electron chi connectivity index (χ0n) is 11.0. The number of aliphatic hydroxyl groups is 1. The van der Waals surface area contributed by atoms with Gasteiger partial charge in [-0.15, -0.1) is 0 Å². The van der Waals surface area contributed by atoms with Crippen molar-refractivity contribution in [2.24, 2.45) is 0 Å². The summed E-state index contributed by atoms with van der Waals surface area (Å²) in [5, 5.41) is 22.7. The summed E-state index contributed by atoms with van der Waals surface area (Å²) >= 11 is 0. The van der Waals surface area contributed by atoms with Gasteiger partial charge in [-0.2, -0.15) is 0 Å². The first kappa shape index (κ1) is 15.0. The molecule has 1 heterocycles. The van der Waals surface area contributed by atoms with E-state index in [-0.39, 0.29) is 6.54 Å². The highest BCUT2D eigenvalue weighted by atomic mass is 16.4. The molecule has 1 rings (SSSR count). The van der Waals surface area contributed by atoms with Crippen molar-refractivity contribution in [1.82, 2.24) is 15.6 Å². The maximum absolute atomic E-state index is 11.4. The van der Waals surface area contributed by atoms with Gasteiger partial charge in [0.2, 0.25) is 5.89 Å². The number of oxazole rings is 1. The molecule has 0 radical (unpaired) electrons. The molecule has 4 N–H and O–H groups in total. The lowest BCUT2D eigenvalue weighted by atomic mass is 10.1. The van der Waals surface area contributed by atoms with E-state index in [1.54, 1.807) is 13.8 Å². The van der Waals surface area contributed by atoms with Crippen molar-refractivity contribution in [3.63, 3.8) is 0 Å². The minimum absolute atomic E-state index is 0.0791. The van der Waals surface area contributed by atoms with Crippen LogP contribution in [0, 0.1) is 13.8 Å². The number of hydrogen-bond donors (Lipinski definition) is 4. The van der Waals surface area contributed by atoms with Crippen molar-refractivity contribution >= 4 is 12.0 Å². The van der Waals surface area contributed by atoms with Crippen LogP contribution in [0.15, 0.2) is 4.42 Å². The second-order valence-electron chi connectivity index (χ2n) is 4.36. The van der Waals surface area contributed by atoms with E-state index in [4.69, 9.17) is 9.52 Å². The van der Waals surface area contributed by atoms with Gasteiger partial charge in [-0.3, -0.25) is 0 Å². The minimum Gasteiger partial charge on any atom is -0.479 e. The van der Waals surface area contributed by atoms with Gasteiger partial charge >= 0.3 is 12.0 Å². The Balaban J connectivity index is 2.38. The summed E-state index contributed by atoms with van der Waals surface area (Å²) in [5.74, 6) is -0.382. The molecular formula is C11H17N3O5. The summed E-state index contributed by atoms with van der Waals surface area (Å²) in [6.07, 6.45) is 0. The molecule has 19 heavy (non-hydrogen) atoms. The summed E-state index contributed by atoms with van der Waals surface area (Å²) in [7, 11) is 0. The van der Waals surface area contributed by atoms with Crippen LogP contribution in [0.1, 0.15) is 24.3 Å². The second kappa shape index (κ2) is 5.70. The fourth-order valence-electron chi connectivity index (χ4n) is 1.16. The van der Waals surface area contributed by atoms with E-state index in [0.717, 1.165) is 12.6 Å². The van der Waals surface area contributed by atoms with Crippen molar-refractivity contribution in [2.45, 2.75) is 32.9 Å². The smallest absolute Gasteiger partial charge is 0.337 e. The molecule has 0 aliphatic rings. The summed E-state index contributed by atoms with van der Waals surface area (Å²) in [5.41, 5.74) is -1.26. The highest BCUT2D eigenvalue weighted by molar-refractivity contribution is 5.79. The Morgan fingerprint density at radius 2 is 2.00 bits per heavy atom. The topological polar surface area (TPSA) is 125 Å². The Kier molecular flexibility index (Phi) is 4.49. The predicted molar refractivity (Wildman–Crippen MR) is 64.5 cm³/mol. The molecule has 0 aliphatic heterocycles. The molecule has 1 aromatic heterocycles. The van der Waals surface area contributed by atoms with Crippen molar-refractivity contribution < 1.29 is 24.2 Å². The number of aliphatic carboxylic acids is 1. The number of rotatable bonds is 5. The standard InChI is InChI=1S/C11H17N3O5/c1-6-7(2)19-8(14-6)4-12-10(17)13-5-11(3,18)9(15)16/h18H,4-5H2,1-3H3,(H,15,16)(H2,12,13,17). The van der Waals surface area contributed by atoms with Gasteiger partial charge in [0.15, 0.2) is 5.60 Å². The molecule has 0 fully saturated rings. The zero-order valence-corrected chi connectivity index (χ0v) is 11.0. The van der Waals surface area contributed by atoms with Crippen LogP contribution in [0.25, 0.3) is 0 Å². The fraction of sp³-hybridized carbons (Fsp3) is 0.545. The van der Waals surface area contributed by atoms with Crippen molar-refractivity contribution in [3.05, 3.63) is 17.3 Å². The second-order valence-corrected chi connectivity index (χ2v) is 4.36. The summed E-state index contributed by atoms with van der Waals surface area (Å²) in [4.78, 5) is 26.1. The first-order valence-electron chi connectivity index (χ1n) is 5.63. The van der Waals surface area contributed by atoms with E-state index in [1.807, 2.05) is 0 Å². The number of carboxylic acids is 1. The maximum atomic E-state index is 11.4. The molecule has 8 nitrogen and oxygen atoms in total. The number of carbonyl (C=O) groups is 2. The van der Waals surface area contributed by atoms with E-state index < -0.39 is 24.1 Å². The van der Waals surface area contributed by atoms with Crippen LogP contribution >= 0.6 is 0 Å². The van der Waals surface area contributed by atoms with Crippen LogP contribution < -0.4 is 10.6 Å². The summed E-state index contributed by atoms with van der Waals surface area (Å²) < 4.78 is 5.25. The Bertz CT molecular complexity index is 461. The Morgan fingerprint density at radius 1 is 1.37 bits per heavy atom. The van der Waals surface area contributed by atoms with E-state index in [0.29, 0.717) is 11.7 Å². The van der Waals surface area contributed by atoms with Crippen LogP contribution in [0.2, 0.25) is 0 Å². The van der Waals surface area contributed by atoms with Gasteiger partial charge in [0.1, 0.15) is 5.76 Å². The number of aromatic nitrogens is 1. The van der Waals surface area contributed by atoms with E-state index in [1.165, 1.54) is 0 Å². The number of urea groups is 1. The van der Waals surface area contributed by atoms with Gasteiger partial charge in [-0.1, -0.05) is 0 Å². The molecule has 0 aliphatic carbocycles. The number of nitrogens with zero attached hydrogens (tertiary/aromatic N) is 1. The van der Waals surface area contributed by atoms with Crippen LogP contribution in [-0.2, 0) is 11.3 Å². The number of aryl methyl sites for hydroxylation is 2. The molecule has 0 aromatic carbocycles. The largest absolute Gasteiger partial charge is 0.479 e. The SMILES string of the molecule is Cc1nc(CNC(=O)NCC(C)(O)C(=O)O)oc1C. The van der Waals surface area contributed by atoms with Gasteiger partial charge in [-0.05, 0) is 20.8 Å². The lowest BCUT2D eigenvalue weighted by molar-refractivity contribution is -0.155. The third-order valence-corrected chi connectivity index (χ3v) is 2.53. The number of amides is 2. The number of carboxylic acid groups (broad SMARTS) is 1. The molecular weight excluding hydrogens is 254 g/mol. The van der Waals surface area contributed by atoms with Gasteiger partial charge < -0.3 is 25.3 Å². The molecule has 1 aromatic rings. The van der Waals surface area contributed by atoms with Gasteiger partial charge in [0, 0.05) is 0 Å². The third kappa shape index (κ3) is 4.25. The van der Waals surface area contributed by atoms with Crippen molar-refractivity contribution in [1.29, 1.82) is 0 Å². The molecule has 0 bridgehead atoms. The van der Waals surface area contributed by atoms with Crippen LogP contribution in [-0.4, -0.2) is 39.3 Å². The minimum atomic E-state index is -2.01. The molecule has 2 amide bonds. The fourth-order valence-corrected chi connectivity index (χ4v) is 1.16. The van der Waals surface area contributed by atoms with E-state index in [2.05, 4.69) is 15.6 Å². The van der Waals surface area contributed by atoms with E-state index in [9.17, 15) is 14.7 Å². The van der Waals surface area contributed by atoms with Gasteiger partial charge in [0.25, 0.3) is 0 Å².